The molecule has 1 aromatic carbocycles. The smallest absolute Gasteiger partial charge is 0.319 e. The van der Waals surface area contributed by atoms with E-state index in [-0.39, 0.29) is 17.4 Å². The Labute approximate surface area is 161 Å². The molecule has 0 bridgehead atoms. The second kappa shape index (κ2) is 7.65. The number of amides is 3. The van der Waals surface area contributed by atoms with Gasteiger partial charge in [-0.25, -0.2) is 18.2 Å². The van der Waals surface area contributed by atoms with Crippen molar-refractivity contribution in [2.75, 3.05) is 22.1 Å². The van der Waals surface area contributed by atoms with E-state index in [1.165, 1.54) is 11.3 Å². The zero-order valence-electron chi connectivity index (χ0n) is 14.9. The Morgan fingerprint density at radius 3 is 2.63 bits per heavy atom. The van der Waals surface area contributed by atoms with Crippen molar-refractivity contribution in [3.8, 4) is 0 Å². The maximum atomic E-state index is 12.4. The summed E-state index contributed by atoms with van der Waals surface area (Å²) in [7, 11) is -3.06. The first-order valence-electron chi connectivity index (χ1n) is 8.35. The van der Waals surface area contributed by atoms with Gasteiger partial charge in [0, 0.05) is 22.2 Å². The molecule has 1 atom stereocenters. The summed E-state index contributed by atoms with van der Waals surface area (Å²) < 4.78 is 22.9. The average molecular weight is 409 g/mol. The van der Waals surface area contributed by atoms with Gasteiger partial charge < -0.3 is 10.6 Å². The highest BCUT2D eigenvalue weighted by atomic mass is 32.2. The van der Waals surface area contributed by atoms with Gasteiger partial charge in [-0.05, 0) is 38.5 Å². The summed E-state index contributed by atoms with van der Waals surface area (Å²) in [4.78, 5) is 29.8. The van der Waals surface area contributed by atoms with Crippen LogP contribution < -0.4 is 16.0 Å². The van der Waals surface area contributed by atoms with Gasteiger partial charge in [-0.15, -0.1) is 11.3 Å². The summed E-state index contributed by atoms with van der Waals surface area (Å²) in [5, 5.41) is 8.54. The highest BCUT2D eigenvalue weighted by Crippen LogP contribution is 2.22. The zero-order valence-corrected chi connectivity index (χ0v) is 16.5. The van der Waals surface area contributed by atoms with E-state index in [4.69, 9.17) is 0 Å². The molecule has 2 heterocycles. The number of sulfone groups is 1. The summed E-state index contributed by atoms with van der Waals surface area (Å²) in [6.07, 6.45) is 0.408. The van der Waals surface area contributed by atoms with Crippen molar-refractivity contribution in [3.63, 3.8) is 0 Å². The van der Waals surface area contributed by atoms with Gasteiger partial charge in [0.1, 0.15) is 0 Å². The number of anilines is 2. The first-order valence-corrected chi connectivity index (χ1v) is 11.0. The van der Waals surface area contributed by atoms with E-state index in [2.05, 4.69) is 20.9 Å². The van der Waals surface area contributed by atoms with Gasteiger partial charge >= 0.3 is 6.03 Å². The fourth-order valence-electron chi connectivity index (χ4n) is 2.70. The van der Waals surface area contributed by atoms with E-state index in [1.54, 1.807) is 24.3 Å². The molecule has 1 aromatic heterocycles. The minimum Gasteiger partial charge on any atom is -0.334 e. The highest BCUT2D eigenvalue weighted by Gasteiger charge is 2.28. The Morgan fingerprint density at radius 1 is 1.22 bits per heavy atom. The van der Waals surface area contributed by atoms with Gasteiger partial charge in [-0.1, -0.05) is 6.07 Å². The van der Waals surface area contributed by atoms with Crippen molar-refractivity contribution in [2.45, 2.75) is 26.3 Å². The molecule has 0 aliphatic carbocycles. The van der Waals surface area contributed by atoms with Gasteiger partial charge in [0.15, 0.2) is 15.0 Å². The third-order valence-electron chi connectivity index (χ3n) is 4.20. The number of benzene rings is 1. The van der Waals surface area contributed by atoms with Crippen LogP contribution in [0.4, 0.5) is 15.6 Å². The van der Waals surface area contributed by atoms with Crippen LogP contribution in [-0.2, 0) is 9.84 Å². The van der Waals surface area contributed by atoms with Crippen LogP contribution in [0.2, 0.25) is 0 Å². The Kier molecular flexibility index (Phi) is 5.47. The number of carbonyl (C=O) groups is 2. The fraction of sp³-hybridized carbons (Fsp3) is 0.353. The van der Waals surface area contributed by atoms with Crippen molar-refractivity contribution >= 4 is 43.9 Å². The van der Waals surface area contributed by atoms with Gasteiger partial charge in [0.05, 0.1) is 17.2 Å². The largest absolute Gasteiger partial charge is 0.334 e. The topological polar surface area (TPSA) is 117 Å². The zero-order chi connectivity index (χ0) is 19.6. The number of hydrogen-bond acceptors (Lipinski definition) is 6. The number of aromatic nitrogens is 1. The SMILES string of the molecule is Cc1nc(NC(=O)c2cccc(NC(=O)N[C@@H]3CCS(=O)(=O)C3)c2)sc1C. The van der Waals surface area contributed by atoms with Crippen LogP contribution >= 0.6 is 11.3 Å². The van der Waals surface area contributed by atoms with Gasteiger partial charge in [-0.2, -0.15) is 0 Å². The molecular formula is C17H20N4O4S2. The molecule has 1 saturated heterocycles. The molecule has 2 aromatic rings. The lowest BCUT2D eigenvalue weighted by atomic mass is 10.2. The molecule has 0 radical (unpaired) electrons. The Balaban J connectivity index is 1.61. The molecular weight excluding hydrogens is 388 g/mol. The van der Waals surface area contributed by atoms with Crippen LogP contribution in [0.5, 0.6) is 0 Å². The molecule has 10 heteroatoms. The summed E-state index contributed by atoms with van der Waals surface area (Å²) in [6.45, 7) is 3.81. The summed E-state index contributed by atoms with van der Waals surface area (Å²) >= 11 is 1.40. The molecule has 3 amide bonds. The monoisotopic (exact) mass is 408 g/mol. The number of carbonyl (C=O) groups excluding carboxylic acids is 2. The molecule has 27 heavy (non-hydrogen) atoms. The van der Waals surface area contributed by atoms with E-state index in [1.807, 2.05) is 13.8 Å². The van der Waals surface area contributed by atoms with E-state index in [9.17, 15) is 18.0 Å². The second-order valence-electron chi connectivity index (χ2n) is 6.39. The average Bonchev–Trinajstić information content (AvgIpc) is 3.08. The number of nitrogens with zero attached hydrogens (tertiary/aromatic N) is 1. The van der Waals surface area contributed by atoms with Crippen LogP contribution in [0, 0.1) is 13.8 Å². The van der Waals surface area contributed by atoms with E-state index in [0.29, 0.717) is 22.8 Å². The Hall–Kier alpha value is -2.46. The molecule has 0 spiro atoms. The predicted octanol–water partition coefficient (Wildman–Crippen LogP) is 2.32. The molecule has 1 fully saturated rings. The standard InChI is InChI=1S/C17H20N4O4S2/c1-10-11(2)26-17(18-10)21-15(22)12-4-3-5-13(8-12)19-16(23)20-14-6-7-27(24,25)9-14/h3-5,8,14H,6-7,9H2,1-2H3,(H,18,21,22)(H2,19,20,23)/t14-/m1/s1. The summed E-state index contributed by atoms with van der Waals surface area (Å²) in [5.74, 6) is -0.284. The molecule has 3 N–H and O–H groups in total. The third-order valence-corrected chi connectivity index (χ3v) is 6.96. The van der Waals surface area contributed by atoms with Crippen molar-refractivity contribution in [3.05, 3.63) is 40.4 Å². The lowest BCUT2D eigenvalue weighted by molar-refractivity contribution is 0.102. The van der Waals surface area contributed by atoms with E-state index in [0.717, 1.165) is 10.6 Å². The van der Waals surface area contributed by atoms with Crippen LogP contribution in [0.25, 0.3) is 0 Å². The molecule has 1 aliphatic heterocycles. The number of rotatable bonds is 4. The van der Waals surface area contributed by atoms with E-state index < -0.39 is 21.9 Å². The third kappa shape index (κ3) is 5.04. The number of urea groups is 1. The van der Waals surface area contributed by atoms with Crippen LogP contribution in [-0.4, -0.2) is 42.9 Å². The normalized spacial score (nSPS) is 18.1. The number of hydrogen-bond donors (Lipinski definition) is 3. The van der Waals surface area contributed by atoms with Crippen LogP contribution in [0.3, 0.4) is 0 Å². The molecule has 1 aliphatic rings. The summed E-state index contributed by atoms with van der Waals surface area (Å²) in [5.41, 5.74) is 1.69. The van der Waals surface area contributed by atoms with Crippen molar-refractivity contribution < 1.29 is 18.0 Å². The predicted molar refractivity (Wildman–Crippen MR) is 105 cm³/mol. The molecule has 0 saturated carbocycles. The second-order valence-corrected chi connectivity index (χ2v) is 9.83. The first-order chi connectivity index (χ1) is 12.7. The quantitative estimate of drug-likeness (QED) is 0.718. The van der Waals surface area contributed by atoms with Crippen molar-refractivity contribution in [1.82, 2.24) is 10.3 Å². The number of nitrogens with one attached hydrogen (secondary N) is 3. The molecule has 144 valence electrons. The Bertz CT molecular complexity index is 965. The van der Waals surface area contributed by atoms with Crippen molar-refractivity contribution in [2.24, 2.45) is 0 Å². The maximum absolute atomic E-state index is 12.4. The molecule has 8 nitrogen and oxygen atoms in total. The minimum atomic E-state index is -3.06. The van der Waals surface area contributed by atoms with Crippen molar-refractivity contribution in [1.29, 1.82) is 0 Å². The fourth-order valence-corrected chi connectivity index (χ4v) is 5.18. The van der Waals surface area contributed by atoms with Gasteiger partial charge in [0.25, 0.3) is 5.91 Å². The van der Waals surface area contributed by atoms with Gasteiger partial charge in [0.2, 0.25) is 0 Å². The molecule has 3 rings (SSSR count). The number of aryl methyl sites for hydroxylation is 2. The lowest BCUT2D eigenvalue weighted by Gasteiger charge is -2.12. The van der Waals surface area contributed by atoms with Crippen LogP contribution in [0.1, 0.15) is 27.3 Å². The minimum absolute atomic E-state index is 0.0461. The molecule has 0 unspecified atom stereocenters. The lowest BCUT2D eigenvalue weighted by Crippen LogP contribution is -2.38. The highest BCUT2D eigenvalue weighted by molar-refractivity contribution is 7.91. The summed E-state index contributed by atoms with van der Waals surface area (Å²) in [6, 6.07) is 5.60. The Morgan fingerprint density at radius 2 is 2.00 bits per heavy atom. The van der Waals surface area contributed by atoms with E-state index >= 15 is 0 Å². The maximum Gasteiger partial charge on any atom is 0.319 e. The first kappa shape index (κ1) is 19.3. The van der Waals surface area contributed by atoms with Gasteiger partial charge in [-0.3, -0.25) is 10.1 Å². The van der Waals surface area contributed by atoms with Crippen LogP contribution in [0.15, 0.2) is 24.3 Å². The number of thiazole rings is 1.